The fourth-order valence-electron chi connectivity index (χ4n) is 2.44. The van der Waals surface area contributed by atoms with E-state index in [0.717, 1.165) is 24.9 Å². The van der Waals surface area contributed by atoms with Gasteiger partial charge in [-0.2, -0.15) is 0 Å². The highest BCUT2D eigenvalue weighted by atomic mass is 35.5. The van der Waals surface area contributed by atoms with Gasteiger partial charge in [0.25, 0.3) is 0 Å². The van der Waals surface area contributed by atoms with E-state index in [0.29, 0.717) is 31.3 Å². The van der Waals surface area contributed by atoms with Gasteiger partial charge in [0.15, 0.2) is 0 Å². The van der Waals surface area contributed by atoms with Gasteiger partial charge in [0.2, 0.25) is 0 Å². The molecule has 2 atom stereocenters. The average molecular weight is 300 g/mol. The van der Waals surface area contributed by atoms with E-state index in [1.165, 1.54) is 0 Å². The lowest BCUT2D eigenvalue weighted by Gasteiger charge is -2.31. The van der Waals surface area contributed by atoms with E-state index < -0.39 is 6.10 Å². The van der Waals surface area contributed by atoms with Gasteiger partial charge in [0.1, 0.15) is 0 Å². The Morgan fingerprint density at radius 1 is 1.35 bits per heavy atom. The first-order chi connectivity index (χ1) is 9.63. The van der Waals surface area contributed by atoms with Gasteiger partial charge in [-0.05, 0) is 37.1 Å². The molecule has 0 aliphatic carbocycles. The molecule has 4 nitrogen and oxygen atoms in total. The standard InChI is InChI=1S/C15H22ClNO3/c16-13-5-3-12(4-6-13)10-20-11-15(19)9-17-7-1-2-14(18)8-17/h3-6,14-15,18-19H,1-2,7-11H2/t14-,15-/m0/s1. The zero-order valence-electron chi connectivity index (χ0n) is 11.5. The minimum absolute atomic E-state index is 0.258. The molecule has 2 N–H and O–H groups in total. The lowest BCUT2D eigenvalue weighted by molar-refractivity contribution is -0.00734. The summed E-state index contributed by atoms with van der Waals surface area (Å²) in [4.78, 5) is 2.09. The molecule has 0 saturated carbocycles. The van der Waals surface area contributed by atoms with Crippen molar-refractivity contribution in [1.29, 1.82) is 0 Å². The number of hydrogen-bond donors (Lipinski definition) is 2. The van der Waals surface area contributed by atoms with E-state index in [1.54, 1.807) is 0 Å². The number of aliphatic hydroxyl groups is 2. The van der Waals surface area contributed by atoms with E-state index in [9.17, 15) is 10.2 Å². The number of ether oxygens (including phenoxy) is 1. The van der Waals surface area contributed by atoms with E-state index in [2.05, 4.69) is 4.90 Å². The van der Waals surface area contributed by atoms with Crippen LogP contribution in [0.25, 0.3) is 0 Å². The number of likely N-dealkylation sites (tertiary alicyclic amines) is 1. The van der Waals surface area contributed by atoms with Gasteiger partial charge in [-0.25, -0.2) is 0 Å². The first-order valence-corrected chi connectivity index (χ1v) is 7.42. The molecule has 1 fully saturated rings. The molecule has 0 amide bonds. The zero-order chi connectivity index (χ0) is 14.4. The van der Waals surface area contributed by atoms with Crippen LogP contribution in [-0.4, -0.2) is 53.6 Å². The molecule has 0 radical (unpaired) electrons. The summed E-state index contributed by atoms with van der Waals surface area (Å²) in [5.74, 6) is 0. The highest BCUT2D eigenvalue weighted by Gasteiger charge is 2.19. The minimum atomic E-state index is -0.521. The number of halogens is 1. The first-order valence-electron chi connectivity index (χ1n) is 7.04. The van der Waals surface area contributed by atoms with Crippen molar-refractivity contribution in [3.63, 3.8) is 0 Å². The molecule has 1 saturated heterocycles. The van der Waals surface area contributed by atoms with Crippen LogP contribution in [0.1, 0.15) is 18.4 Å². The number of nitrogens with zero attached hydrogens (tertiary/aromatic N) is 1. The second-order valence-corrected chi connectivity index (χ2v) is 5.79. The van der Waals surface area contributed by atoms with Crippen molar-refractivity contribution in [3.05, 3.63) is 34.9 Å². The van der Waals surface area contributed by atoms with Crippen LogP contribution in [0.2, 0.25) is 5.02 Å². The summed E-state index contributed by atoms with van der Waals surface area (Å²) in [5.41, 5.74) is 1.04. The Hall–Kier alpha value is -0.650. The maximum atomic E-state index is 9.94. The fraction of sp³-hybridized carbons (Fsp3) is 0.600. The molecule has 0 unspecified atom stereocenters. The van der Waals surface area contributed by atoms with Crippen molar-refractivity contribution in [2.24, 2.45) is 0 Å². The van der Waals surface area contributed by atoms with Crippen molar-refractivity contribution in [2.45, 2.75) is 31.7 Å². The third kappa shape index (κ3) is 5.38. The molecule has 0 spiro atoms. The Bertz CT molecular complexity index is 399. The molecule has 0 aromatic heterocycles. The summed E-state index contributed by atoms with van der Waals surface area (Å²) in [6, 6.07) is 7.48. The Kier molecular flexibility index (Phi) is 6.26. The number of piperidine rings is 1. The number of aliphatic hydroxyl groups excluding tert-OH is 2. The van der Waals surface area contributed by atoms with Gasteiger partial charge >= 0.3 is 0 Å². The van der Waals surface area contributed by atoms with Crippen LogP contribution in [0.3, 0.4) is 0 Å². The summed E-state index contributed by atoms with van der Waals surface area (Å²) in [6.45, 7) is 2.91. The van der Waals surface area contributed by atoms with Gasteiger partial charge in [0, 0.05) is 18.1 Å². The Balaban J connectivity index is 1.64. The topological polar surface area (TPSA) is 52.9 Å². The van der Waals surface area contributed by atoms with Crippen LogP contribution < -0.4 is 0 Å². The second kappa shape index (κ2) is 7.96. The van der Waals surface area contributed by atoms with Gasteiger partial charge < -0.3 is 14.9 Å². The van der Waals surface area contributed by atoms with E-state index in [1.807, 2.05) is 24.3 Å². The van der Waals surface area contributed by atoms with Crippen LogP contribution >= 0.6 is 11.6 Å². The predicted octanol–water partition coefficient (Wildman–Crippen LogP) is 1.67. The fourth-order valence-corrected chi connectivity index (χ4v) is 2.57. The summed E-state index contributed by atoms with van der Waals surface area (Å²) in [7, 11) is 0. The number of benzene rings is 1. The molecule has 1 heterocycles. The van der Waals surface area contributed by atoms with Crippen LogP contribution in [0.4, 0.5) is 0 Å². The van der Waals surface area contributed by atoms with E-state index in [-0.39, 0.29) is 6.10 Å². The van der Waals surface area contributed by atoms with Crippen molar-refractivity contribution < 1.29 is 14.9 Å². The maximum Gasteiger partial charge on any atom is 0.0900 e. The highest BCUT2D eigenvalue weighted by molar-refractivity contribution is 6.30. The summed E-state index contributed by atoms with van der Waals surface area (Å²) in [5, 5.41) is 20.2. The van der Waals surface area contributed by atoms with Crippen LogP contribution in [-0.2, 0) is 11.3 Å². The van der Waals surface area contributed by atoms with Gasteiger partial charge in [0.05, 0.1) is 25.4 Å². The van der Waals surface area contributed by atoms with Crippen molar-refractivity contribution in [1.82, 2.24) is 4.90 Å². The molecule has 20 heavy (non-hydrogen) atoms. The van der Waals surface area contributed by atoms with Crippen molar-refractivity contribution in [3.8, 4) is 0 Å². The largest absolute Gasteiger partial charge is 0.392 e. The normalized spacial score (nSPS) is 21.9. The summed E-state index contributed by atoms with van der Waals surface area (Å²) >= 11 is 5.81. The average Bonchev–Trinajstić information content (AvgIpc) is 2.41. The van der Waals surface area contributed by atoms with Gasteiger partial charge in [-0.1, -0.05) is 23.7 Å². The Morgan fingerprint density at radius 3 is 2.80 bits per heavy atom. The quantitative estimate of drug-likeness (QED) is 0.839. The molecule has 1 aliphatic rings. The second-order valence-electron chi connectivity index (χ2n) is 5.35. The SMILES string of the molecule is O[C@H](COCc1ccc(Cl)cc1)CN1CCC[C@H](O)C1. The first kappa shape index (κ1) is 15.7. The molecular formula is C15H22ClNO3. The van der Waals surface area contributed by atoms with E-state index >= 15 is 0 Å². The monoisotopic (exact) mass is 299 g/mol. The zero-order valence-corrected chi connectivity index (χ0v) is 12.3. The summed E-state index contributed by atoms with van der Waals surface area (Å²) < 4.78 is 5.51. The van der Waals surface area contributed by atoms with Crippen LogP contribution in [0.5, 0.6) is 0 Å². The Morgan fingerprint density at radius 2 is 2.10 bits per heavy atom. The molecule has 2 rings (SSSR count). The predicted molar refractivity (Wildman–Crippen MR) is 78.8 cm³/mol. The lowest BCUT2D eigenvalue weighted by atomic mass is 10.1. The molecule has 112 valence electrons. The van der Waals surface area contributed by atoms with Gasteiger partial charge in [-0.15, -0.1) is 0 Å². The smallest absolute Gasteiger partial charge is 0.0900 e. The molecule has 1 aliphatic heterocycles. The molecule has 1 aromatic carbocycles. The molecular weight excluding hydrogens is 278 g/mol. The highest BCUT2D eigenvalue weighted by Crippen LogP contribution is 2.12. The van der Waals surface area contributed by atoms with Crippen molar-refractivity contribution >= 4 is 11.6 Å². The molecule has 1 aromatic rings. The molecule has 5 heteroatoms. The third-order valence-electron chi connectivity index (χ3n) is 3.44. The lowest BCUT2D eigenvalue weighted by Crippen LogP contribution is -2.43. The van der Waals surface area contributed by atoms with Crippen LogP contribution in [0, 0.1) is 0 Å². The van der Waals surface area contributed by atoms with Crippen LogP contribution in [0.15, 0.2) is 24.3 Å². The molecule has 0 bridgehead atoms. The van der Waals surface area contributed by atoms with E-state index in [4.69, 9.17) is 16.3 Å². The third-order valence-corrected chi connectivity index (χ3v) is 3.69. The van der Waals surface area contributed by atoms with Gasteiger partial charge in [-0.3, -0.25) is 4.90 Å². The van der Waals surface area contributed by atoms with Crippen molar-refractivity contribution in [2.75, 3.05) is 26.2 Å². The summed E-state index contributed by atoms with van der Waals surface area (Å²) in [6.07, 6.45) is 1.07. The Labute approximate surface area is 124 Å². The number of rotatable bonds is 6. The number of β-amino-alcohol motifs (C(OH)–C–C–N with tert-alkyl or cyclic N) is 2. The number of hydrogen-bond acceptors (Lipinski definition) is 4. The minimum Gasteiger partial charge on any atom is -0.392 e. The maximum absolute atomic E-state index is 9.94.